The van der Waals surface area contributed by atoms with Gasteiger partial charge in [0, 0.05) is 0 Å². The van der Waals surface area contributed by atoms with E-state index >= 15 is 0 Å². The first-order chi connectivity index (χ1) is 12.4. The van der Waals surface area contributed by atoms with Gasteiger partial charge in [-0.3, -0.25) is 9.59 Å². The number of hydrogen-bond acceptors (Lipinski definition) is 5. The van der Waals surface area contributed by atoms with Crippen molar-refractivity contribution in [3.8, 4) is 11.5 Å². The lowest BCUT2D eigenvalue weighted by molar-refractivity contribution is -0.148. The van der Waals surface area contributed by atoms with Gasteiger partial charge in [-0.05, 0) is 24.6 Å². The van der Waals surface area contributed by atoms with Gasteiger partial charge in [-0.25, -0.2) is 0 Å². The van der Waals surface area contributed by atoms with Crippen LogP contribution >= 0.6 is 0 Å². The van der Waals surface area contributed by atoms with Crippen LogP contribution in [0.2, 0.25) is 0 Å². The second kappa shape index (κ2) is 5.74. The number of amides is 1. The molecule has 7 heteroatoms. The standard InChI is InChI=1S/C19H21NO6/c1-10(11-4-5-12(24-2)14(8-11)25-3)20-9-19-7-6-13(26-19)15(18(22)23)16(19)17(20)21/h4-8,10,13,15-16H,9H2,1-3H3,(H,22,23). The quantitative estimate of drug-likeness (QED) is 0.805. The van der Waals surface area contributed by atoms with E-state index in [1.807, 2.05) is 25.1 Å². The minimum atomic E-state index is -0.986. The summed E-state index contributed by atoms with van der Waals surface area (Å²) in [4.78, 5) is 26.4. The molecule has 0 radical (unpaired) electrons. The third kappa shape index (κ3) is 2.16. The lowest BCUT2D eigenvalue weighted by Gasteiger charge is -2.28. The van der Waals surface area contributed by atoms with E-state index in [2.05, 4.69) is 0 Å². The van der Waals surface area contributed by atoms with Crippen LogP contribution in [0.5, 0.6) is 11.5 Å². The summed E-state index contributed by atoms with van der Waals surface area (Å²) in [6.07, 6.45) is 3.12. The van der Waals surface area contributed by atoms with E-state index in [4.69, 9.17) is 14.2 Å². The molecule has 1 aromatic carbocycles. The number of rotatable bonds is 5. The zero-order chi connectivity index (χ0) is 18.6. The number of hydrogen-bond donors (Lipinski definition) is 1. The maximum Gasteiger partial charge on any atom is 0.310 e. The SMILES string of the molecule is COc1ccc(C(C)N2CC34C=CC(O3)C(C(=O)O)C4C2=O)cc1OC. The predicted octanol–water partition coefficient (Wildman–Crippen LogP) is 1.63. The summed E-state index contributed by atoms with van der Waals surface area (Å²) < 4.78 is 16.5. The molecule has 3 aliphatic heterocycles. The summed E-state index contributed by atoms with van der Waals surface area (Å²) in [5.74, 6) is -1.45. The van der Waals surface area contributed by atoms with Crippen molar-refractivity contribution >= 4 is 11.9 Å². The van der Waals surface area contributed by atoms with Crippen LogP contribution in [-0.2, 0) is 14.3 Å². The van der Waals surface area contributed by atoms with Crippen LogP contribution < -0.4 is 9.47 Å². The highest BCUT2D eigenvalue weighted by molar-refractivity contribution is 5.91. The van der Waals surface area contributed by atoms with Gasteiger partial charge in [-0.15, -0.1) is 0 Å². The Kier molecular flexibility index (Phi) is 3.73. The van der Waals surface area contributed by atoms with Crippen molar-refractivity contribution < 1.29 is 28.9 Å². The number of carboxylic acid groups (broad SMARTS) is 1. The van der Waals surface area contributed by atoms with Gasteiger partial charge in [0.25, 0.3) is 0 Å². The molecule has 0 aliphatic carbocycles. The number of ether oxygens (including phenoxy) is 3. The minimum absolute atomic E-state index is 0.175. The molecular formula is C19H21NO6. The molecule has 3 heterocycles. The molecule has 7 nitrogen and oxygen atoms in total. The number of likely N-dealkylation sites (tertiary alicyclic amines) is 1. The fraction of sp³-hybridized carbons (Fsp3) is 0.474. The van der Waals surface area contributed by atoms with E-state index in [9.17, 15) is 14.7 Å². The topological polar surface area (TPSA) is 85.3 Å². The van der Waals surface area contributed by atoms with E-state index < -0.39 is 29.5 Å². The van der Waals surface area contributed by atoms with Crippen LogP contribution in [0.3, 0.4) is 0 Å². The van der Waals surface area contributed by atoms with Gasteiger partial charge < -0.3 is 24.2 Å². The molecule has 4 rings (SSSR count). The van der Waals surface area contributed by atoms with Crippen LogP contribution in [0.4, 0.5) is 0 Å². The molecule has 0 saturated carbocycles. The zero-order valence-corrected chi connectivity index (χ0v) is 14.8. The molecule has 5 unspecified atom stereocenters. The first-order valence-electron chi connectivity index (χ1n) is 8.54. The first-order valence-corrected chi connectivity index (χ1v) is 8.54. The number of aliphatic carboxylic acids is 1. The highest BCUT2D eigenvalue weighted by atomic mass is 16.5. The molecular weight excluding hydrogens is 338 g/mol. The molecule has 2 fully saturated rings. The Balaban J connectivity index is 1.65. The van der Waals surface area contributed by atoms with Gasteiger partial charge in [-0.2, -0.15) is 0 Å². The van der Waals surface area contributed by atoms with Crippen molar-refractivity contribution in [2.24, 2.45) is 11.8 Å². The van der Waals surface area contributed by atoms with Gasteiger partial charge in [-0.1, -0.05) is 18.2 Å². The second-order valence-corrected chi connectivity index (χ2v) is 6.99. The summed E-state index contributed by atoms with van der Waals surface area (Å²) in [5, 5.41) is 9.55. The summed E-state index contributed by atoms with van der Waals surface area (Å²) in [6.45, 7) is 2.27. The Morgan fingerprint density at radius 3 is 2.73 bits per heavy atom. The third-order valence-electron chi connectivity index (χ3n) is 5.77. The van der Waals surface area contributed by atoms with Crippen LogP contribution in [-0.4, -0.2) is 54.4 Å². The maximum absolute atomic E-state index is 13.1. The smallest absolute Gasteiger partial charge is 0.310 e. The monoisotopic (exact) mass is 359 g/mol. The van der Waals surface area contributed by atoms with Crippen LogP contribution in [0.15, 0.2) is 30.4 Å². The highest BCUT2D eigenvalue weighted by Crippen LogP contribution is 2.53. The van der Waals surface area contributed by atoms with Crippen LogP contribution in [0.25, 0.3) is 0 Å². The molecule has 1 N–H and O–H groups in total. The van der Waals surface area contributed by atoms with Gasteiger partial charge in [0.2, 0.25) is 5.91 Å². The number of carboxylic acids is 1. The van der Waals surface area contributed by atoms with Crippen molar-refractivity contribution in [2.45, 2.75) is 24.7 Å². The van der Waals surface area contributed by atoms with Crippen molar-refractivity contribution in [3.05, 3.63) is 35.9 Å². The number of nitrogens with zero attached hydrogens (tertiary/aromatic N) is 1. The fourth-order valence-electron chi connectivity index (χ4n) is 4.43. The normalized spacial score (nSPS) is 32.7. The lowest BCUT2D eigenvalue weighted by atomic mass is 9.77. The summed E-state index contributed by atoms with van der Waals surface area (Å²) >= 11 is 0. The minimum Gasteiger partial charge on any atom is -0.493 e. The average molecular weight is 359 g/mol. The van der Waals surface area contributed by atoms with E-state index in [1.165, 1.54) is 0 Å². The Morgan fingerprint density at radius 1 is 1.35 bits per heavy atom. The summed E-state index contributed by atoms with van der Waals surface area (Å²) in [7, 11) is 3.13. The van der Waals surface area contributed by atoms with Crippen molar-refractivity contribution in [1.29, 1.82) is 0 Å². The molecule has 5 atom stereocenters. The van der Waals surface area contributed by atoms with E-state index in [0.717, 1.165) is 5.56 Å². The molecule has 26 heavy (non-hydrogen) atoms. The van der Waals surface area contributed by atoms with Crippen molar-refractivity contribution in [3.63, 3.8) is 0 Å². The van der Waals surface area contributed by atoms with E-state index in [0.29, 0.717) is 18.0 Å². The van der Waals surface area contributed by atoms with Gasteiger partial charge in [0.1, 0.15) is 11.5 Å². The Hall–Kier alpha value is -2.54. The molecule has 1 amide bonds. The molecule has 0 aromatic heterocycles. The molecule has 1 spiro atoms. The number of methoxy groups -OCH3 is 2. The fourth-order valence-corrected chi connectivity index (χ4v) is 4.43. The number of carbonyl (C=O) groups is 2. The van der Waals surface area contributed by atoms with Gasteiger partial charge in [0.05, 0.1) is 38.8 Å². The molecule has 3 aliphatic rings. The molecule has 2 saturated heterocycles. The largest absolute Gasteiger partial charge is 0.493 e. The first kappa shape index (κ1) is 16.9. The lowest BCUT2D eigenvalue weighted by Crippen LogP contribution is -2.39. The Bertz CT molecular complexity index is 805. The zero-order valence-electron chi connectivity index (χ0n) is 14.8. The van der Waals surface area contributed by atoms with Gasteiger partial charge in [0.15, 0.2) is 11.5 Å². The molecule has 2 bridgehead atoms. The van der Waals surface area contributed by atoms with Gasteiger partial charge >= 0.3 is 5.97 Å². The number of carbonyl (C=O) groups excluding carboxylic acids is 1. The van der Waals surface area contributed by atoms with Crippen LogP contribution in [0.1, 0.15) is 18.5 Å². The third-order valence-corrected chi connectivity index (χ3v) is 5.77. The Labute approximate surface area is 151 Å². The summed E-state index contributed by atoms with van der Waals surface area (Å²) in [5.41, 5.74) is 0.0630. The summed E-state index contributed by atoms with van der Waals surface area (Å²) in [6, 6.07) is 5.28. The van der Waals surface area contributed by atoms with E-state index in [-0.39, 0.29) is 11.9 Å². The molecule has 1 aromatic rings. The number of fused-ring (bicyclic) bond motifs is 1. The van der Waals surface area contributed by atoms with Crippen LogP contribution in [0, 0.1) is 11.8 Å². The number of benzene rings is 1. The van der Waals surface area contributed by atoms with Crippen molar-refractivity contribution in [1.82, 2.24) is 4.90 Å². The van der Waals surface area contributed by atoms with Crippen molar-refractivity contribution in [2.75, 3.05) is 20.8 Å². The Morgan fingerprint density at radius 2 is 2.08 bits per heavy atom. The van der Waals surface area contributed by atoms with E-state index in [1.54, 1.807) is 31.3 Å². The predicted molar refractivity (Wildman–Crippen MR) is 91.0 cm³/mol. The highest BCUT2D eigenvalue weighted by Gasteiger charge is 2.67. The average Bonchev–Trinajstić information content (AvgIpc) is 3.28. The second-order valence-electron chi connectivity index (χ2n) is 6.99. The maximum atomic E-state index is 13.1. The molecule has 138 valence electrons.